The number of rotatable bonds is 4. The molecule has 0 atom stereocenters. The SMILES string of the molecule is CCN1CCN(c2nc(-c3csc(C4=CCOCC4)c3)cc3ccccc23)CC1. The summed E-state index contributed by atoms with van der Waals surface area (Å²) < 4.78 is 5.47. The summed E-state index contributed by atoms with van der Waals surface area (Å²) in [5.41, 5.74) is 3.70. The van der Waals surface area contributed by atoms with Gasteiger partial charge in [-0.05, 0) is 36.1 Å². The first-order chi connectivity index (χ1) is 14.3. The molecule has 150 valence electrons. The summed E-state index contributed by atoms with van der Waals surface area (Å²) >= 11 is 1.82. The second kappa shape index (κ2) is 8.27. The molecule has 5 rings (SSSR count). The van der Waals surface area contributed by atoms with Crippen LogP contribution in [0.2, 0.25) is 0 Å². The minimum Gasteiger partial charge on any atom is -0.377 e. The molecule has 0 spiro atoms. The fourth-order valence-electron chi connectivity index (χ4n) is 4.24. The monoisotopic (exact) mass is 405 g/mol. The van der Waals surface area contributed by atoms with Gasteiger partial charge in [0.05, 0.1) is 18.9 Å². The van der Waals surface area contributed by atoms with E-state index in [4.69, 9.17) is 9.72 Å². The molecular weight excluding hydrogens is 378 g/mol. The molecule has 5 heteroatoms. The normalized spacial score (nSPS) is 18.2. The van der Waals surface area contributed by atoms with Gasteiger partial charge in [0.15, 0.2) is 0 Å². The van der Waals surface area contributed by atoms with E-state index in [0.29, 0.717) is 0 Å². The first-order valence-electron chi connectivity index (χ1n) is 10.5. The molecule has 2 aromatic heterocycles. The number of likely N-dealkylation sites (N-methyl/N-ethyl adjacent to an activating group) is 1. The van der Waals surface area contributed by atoms with Crippen LogP contribution in [-0.4, -0.2) is 55.8 Å². The third-order valence-electron chi connectivity index (χ3n) is 6.01. The highest BCUT2D eigenvalue weighted by molar-refractivity contribution is 7.11. The fourth-order valence-corrected chi connectivity index (χ4v) is 5.21. The second-order valence-electron chi connectivity index (χ2n) is 7.73. The standard InChI is InChI=1S/C24H27N3OS/c1-2-26-9-11-27(12-10-26)24-21-6-4-3-5-19(21)15-22(25-24)20-16-23(29-17-20)18-7-13-28-14-8-18/h3-7,15-17H,2,8-14H2,1H3. The van der Waals surface area contributed by atoms with Crippen molar-refractivity contribution in [2.75, 3.05) is 50.8 Å². The first kappa shape index (κ1) is 18.8. The van der Waals surface area contributed by atoms with E-state index in [1.165, 1.54) is 26.8 Å². The Morgan fingerprint density at radius 2 is 1.97 bits per heavy atom. The molecule has 0 aliphatic carbocycles. The number of nitrogens with zero attached hydrogens (tertiary/aromatic N) is 3. The van der Waals surface area contributed by atoms with E-state index in [-0.39, 0.29) is 0 Å². The molecule has 0 amide bonds. The highest BCUT2D eigenvalue weighted by Crippen LogP contribution is 2.35. The third-order valence-corrected chi connectivity index (χ3v) is 7.02. The molecular formula is C24H27N3OS. The lowest BCUT2D eigenvalue weighted by Gasteiger charge is -2.35. The number of hydrogen-bond acceptors (Lipinski definition) is 5. The van der Waals surface area contributed by atoms with Crippen molar-refractivity contribution < 1.29 is 4.74 Å². The molecule has 0 N–H and O–H groups in total. The van der Waals surface area contributed by atoms with Crippen molar-refractivity contribution in [3.05, 3.63) is 52.7 Å². The Kier molecular flexibility index (Phi) is 5.36. The van der Waals surface area contributed by atoms with Gasteiger partial charge in [0.25, 0.3) is 0 Å². The van der Waals surface area contributed by atoms with E-state index in [0.717, 1.165) is 63.9 Å². The molecule has 2 aliphatic heterocycles. The van der Waals surface area contributed by atoms with E-state index < -0.39 is 0 Å². The van der Waals surface area contributed by atoms with Gasteiger partial charge in [0, 0.05) is 47.4 Å². The molecule has 0 saturated carbocycles. The molecule has 0 radical (unpaired) electrons. The Bertz CT molecular complexity index is 1030. The van der Waals surface area contributed by atoms with Gasteiger partial charge < -0.3 is 14.5 Å². The number of ether oxygens (including phenoxy) is 1. The molecule has 1 aromatic carbocycles. The maximum Gasteiger partial charge on any atom is 0.137 e. The molecule has 1 fully saturated rings. The predicted molar refractivity (Wildman–Crippen MR) is 123 cm³/mol. The van der Waals surface area contributed by atoms with Gasteiger partial charge in [-0.25, -0.2) is 4.98 Å². The second-order valence-corrected chi connectivity index (χ2v) is 8.64. The van der Waals surface area contributed by atoms with Crippen molar-refractivity contribution in [2.45, 2.75) is 13.3 Å². The van der Waals surface area contributed by atoms with Gasteiger partial charge in [-0.15, -0.1) is 11.3 Å². The first-order valence-corrected chi connectivity index (χ1v) is 11.4. The minimum absolute atomic E-state index is 0.727. The maximum absolute atomic E-state index is 5.47. The van der Waals surface area contributed by atoms with Crippen LogP contribution in [0, 0.1) is 0 Å². The summed E-state index contributed by atoms with van der Waals surface area (Å²) in [5, 5.41) is 4.77. The number of hydrogen-bond donors (Lipinski definition) is 0. The Morgan fingerprint density at radius 1 is 1.10 bits per heavy atom. The highest BCUT2D eigenvalue weighted by atomic mass is 32.1. The van der Waals surface area contributed by atoms with Gasteiger partial charge in [-0.1, -0.05) is 37.3 Å². The number of benzene rings is 1. The average molecular weight is 406 g/mol. The Balaban J connectivity index is 1.52. The van der Waals surface area contributed by atoms with E-state index in [9.17, 15) is 0 Å². The summed E-state index contributed by atoms with van der Waals surface area (Å²) in [5.74, 6) is 1.13. The molecule has 3 aromatic rings. The topological polar surface area (TPSA) is 28.6 Å². The van der Waals surface area contributed by atoms with Gasteiger partial charge in [0.2, 0.25) is 0 Å². The van der Waals surface area contributed by atoms with Crippen molar-refractivity contribution in [2.24, 2.45) is 0 Å². The van der Waals surface area contributed by atoms with Crippen molar-refractivity contribution in [3.8, 4) is 11.3 Å². The van der Waals surface area contributed by atoms with Crippen LogP contribution in [0.15, 0.2) is 47.9 Å². The third kappa shape index (κ3) is 3.82. The van der Waals surface area contributed by atoms with E-state index in [1.54, 1.807) is 0 Å². The summed E-state index contributed by atoms with van der Waals surface area (Å²) in [6, 6.07) is 13.2. The lowest BCUT2D eigenvalue weighted by molar-refractivity contribution is 0.161. The molecule has 0 bridgehead atoms. The summed E-state index contributed by atoms with van der Waals surface area (Å²) in [4.78, 5) is 11.5. The number of piperazine rings is 1. The van der Waals surface area contributed by atoms with Crippen molar-refractivity contribution in [3.63, 3.8) is 0 Å². The molecule has 4 nitrogen and oxygen atoms in total. The zero-order chi connectivity index (χ0) is 19.6. The summed E-state index contributed by atoms with van der Waals surface area (Å²) in [6.07, 6.45) is 3.21. The van der Waals surface area contributed by atoms with Crippen LogP contribution in [0.3, 0.4) is 0 Å². The van der Waals surface area contributed by atoms with Crippen LogP contribution in [0.5, 0.6) is 0 Å². The molecule has 1 saturated heterocycles. The van der Waals surface area contributed by atoms with Crippen LogP contribution in [0.25, 0.3) is 27.6 Å². The smallest absolute Gasteiger partial charge is 0.137 e. The van der Waals surface area contributed by atoms with Gasteiger partial charge in [-0.3, -0.25) is 0 Å². The zero-order valence-corrected chi connectivity index (χ0v) is 17.8. The summed E-state index contributed by atoms with van der Waals surface area (Å²) in [6.45, 7) is 9.20. The largest absolute Gasteiger partial charge is 0.377 e. The Morgan fingerprint density at radius 3 is 2.76 bits per heavy atom. The summed E-state index contributed by atoms with van der Waals surface area (Å²) in [7, 11) is 0. The molecule has 2 aliphatic rings. The Labute approximate surface area is 176 Å². The quantitative estimate of drug-likeness (QED) is 0.617. The van der Waals surface area contributed by atoms with Crippen LogP contribution in [-0.2, 0) is 4.74 Å². The number of fused-ring (bicyclic) bond motifs is 1. The van der Waals surface area contributed by atoms with E-state index >= 15 is 0 Å². The lowest BCUT2D eigenvalue weighted by Crippen LogP contribution is -2.46. The number of thiophene rings is 1. The van der Waals surface area contributed by atoms with Gasteiger partial charge >= 0.3 is 0 Å². The zero-order valence-electron chi connectivity index (χ0n) is 16.9. The minimum atomic E-state index is 0.727. The van der Waals surface area contributed by atoms with E-state index in [2.05, 4.69) is 64.6 Å². The highest BCUT2D eigenvalue weighted by Gasteiger charge is 2.20. The van der Waals surface area contributed by atoms with E-state index in [1.807, 2.05) is 11.3 Å². The molecule has 29 heavy (non-hydrogen) atoms. The van der Waals surface area contributed by atoms with Crippen molar-refractivity contribution in [1.82, 2.24) is 9.88 Å². The molecule has 0 unspecified atom stereocenters. The van der Waals surface area contributed by atoms with Gasteiger partial charge in [-0.2, -0.15) is 0 Å². The lowest BCUT2D eigenvalue weighted by atomic mass is 10.1. The van der Waals surface area contributed by atoms with Crippen LogP contribution >= 0.6 is 11.3 Å². The van der Waals surface area contributed by atoms with Crippen LogP contribution in [0.1, 0.15) is 18.2 Å². The number of pyridine rings is 1. The van der Waals surface area contributed by atoms with Crippen LogP contribution < -0.4 is 4.90 Å². The van der Waals surface area contributed by atoms with Gasteiger partial charge in [0.1, 0.15) is 5.82 Å². The fraction of sp³-hybridized carbons (Fsp3) is 0.375. The number of aromatic nitrogens is 1. The average Bonchev–Trinajstić information content (AvgIpc) is 3.29. The van der Waals surface area contributed by atoms with Crippen molar-refractivity contribution >= 4 is 33.5 Å². The molecule has 4 heterocycles. The maximum atomic E-state index is 5.47. The number of anilines is 1. The Hall–Kier alpha value is -2.21. The van der Waals surface area contributed by atoms with Crippen molar-refractivity contribution in [1.29, 1.82) is 0 Å². The predicted octanol–water partition coefficient (Wildman–Crippen LogP) is 4.91. The van der Waals surface area contributed by atoms with Crippen LogP contribution in [0.4, 0.5) is 5.82 Å².